The van der Waals surface area contributed by atoms with Crippen LogP contribution in [-0.2, 0) is 11.3 Å². The second-order valence-electron chi connectivity index (χ2n) is 6.53. The molecule has 0 spiro atoms. The van der Waals surface area contributed by atoms with Gasteiger partial charge in [0.2, 0.25) is 5.91 Å². The van der Waals surface area contributed by atoms with Gasteiger partial charge >= 0.3 is 0 Å². The second-order valence-corrected chi connectivity index (χ2v) is 6.53. The third kappa shape index (κ3) is 5.75. The van der Waals surface area contributed by atoms with Crippen molar-refractivity contribution in [2.45, 2.75) is 26.3 Å². The molecule has 1 heterocycles. The summed E-state index contributed by atoms with van der Waals surface area (Å²) in [5.41, 5.74) is 1.66. The van der Waals surface area contributed by atoms with E-state index in [0.717, 1.165) is 38.0 Å². The van der Waals surface area contributed by atoms with E-state index in [9.17, 15) is 9.59 Å². The number of carbonyl (C=O) groups is 2. The first-order valence-electron chi connectivity index (χ1n) is 9.11. The lowest BCUT2D eigenvalue weighted by Gasteiger charge is -2.17. The standard InChI is InChI=1S/C19H29N5O2/c1-4-20-19(22-14-17(25)24-11-5-6-12-24)21-13-15-7-9-16(10-8-15)18(26)23(2)3/h7-10H,4-6,11-14H2,1-3H3,(H2,20,21,22). The molecule has 0 saturated carbocycles. The average molecular weight is 359 g/mol. The molecule has 1 aliphatic heterocycles. The molecule has 0 bridgehead atoms. The van der Waals surface area contributed by atoms with Crippen molar-refractivity contribution in [3.63, 3.8) is 0 Å². The van der Waals surface area contributed by atoms with Gasteiger partial charge in [0.15, 0.2) is 5.96 Å². The van der Waals surface area contributed by atoms with Crippen molar-refractivity contribution in [3.8, 4) is 0 Å². The molecule has 2 amide bonds. The molecule has 2 N–H and O–H groups in total. The van der Waals surface area contributed by atoms with Crippen LogP contribution in [0.5, 0.6) is 0 Å². The predicted octanol–water partition coefficient (Wildman–Crippen LogP) is 1.07. The molecular weight excluding hydrogens is 330 g/mol. The molecule has 26 heavy (non-hydrogen) atoms. The summed E-state index contributed by atoms with van der Waals surface area (Å²) in [6.07, 6.45) is 2.18. The Labute approximate surface area is 155 Å². The van der Waals surface area contributed by atoms with Gasteiger partial charge in [0.05, 0.1) is 13.1 Å². The molecule has 1 aromatic carbocycles. The molecule has 7 nitrogen and oxygen atoms in total. The highest BCUT2D eigenvalue weighted by atomic mass is 16.2. The van der Waals surface area contributed by atoms with E-state index in [1.807, 2.05) is 36.1 Å². The van der Waals surface area contributed by atoms with Gasteiger partial charge in [-0.1, -0.05) is 12.1 Å². The van der Waals surface area contributed by atoms with E-state index in [1.54, 1.807) is 19.0 Å². The van der Waals surface area contributed by atoms with E-state index in [4.69, 9.17) is 0 Å². The lowest BCUT2D eigenvalue weighted by molar-refractivity contribution is -0.128. The Kier molecular flexibility index (Phi) is 7.44. The first-order valence-corrected chi connectivity index (χ1v) is 9.11. The first kappa shape index (κ1) is 19.8. The largest absolute Gasteiger partial charge is 0.357 e. The number of carbonyl (C=O) groups excluding carboxylic acids is 2. The molecular formula is C19H29N5O2. The summed E-state index contributed by atoms with van der Waals surface area (Å²) in [5, 5.41) is 6.25. The third-order valence-corrected chi connectivity index (χ3v) is 4.24. The van der Waals surface area contributed by atoms with Crippen LogP contribution >= 0.6 is 0 Å². The molecule has 0 radical (unpaired) electrons. The van der Waals surface area contributed by atoms with E-state index in [0.29, 0.717) is 18.1 Å². The van der Waals surface area contributed by atoms with Crippen LogP contribution in [0.1, 0.15) is 35.7 Å². The molecule has 0 atom stereocenters. The van der Waals surface area contributed by atoms with Crippen LogP contribution in [0.15, 0.2) is 29.3 Å². The van der Waals surface area contributed by atoms with Crippen LogP contribution in [0.4, 0.5) is 0 Å². The number of amides is 2. The quantitative estimate of drug-likeness (QED) is 0.588. The predicted molar refractivity (Wildman–Crippen MR) is 103 cm³/mol. The number of nitrogens with one attached hydrogen (secondary N) is 2. The van der Waals surface area contributed by atoms with Gasteiger partial charge in [0, 0.05) is 39.3 Å². The highest BCUT2D eigenvalue weighted by Gasteiger charge is 2.17. The molecule has 1 aromatic rings. The summed E-state index contributed by atoms with van der Waals surface area (Å²) in [5.74, 6) is 0.712. The van der Waals surface area contributed by atoms with Crippen molar-refractivity contribution in [2.24, 2.45) is 4.99 Å². The maximum absolute atomic E-state index is 12.1. The molecule has 2 rings (SSSR count). The Morgan fingerprint density at radius 1 is 1.12 bits per heavy atom. The van der Waals surface area contributed by atoms with Crippen molar-refractivity contribution in [3.05, 3.63) is 35.4 Å². The monoisotopic (exact) mass is 359 g/mol. The van der Waals surface area contributed by atoms with E-state index >= 15 is 0 Å². The maximum atomic E-state index is 12.1. The first-order chi connectivity index (χ1) is 12.5. The maximum Gasteiger partial charge on any atom is 0.253 e. The fraction of sp³-hybridized carbons (Fsp3) is 0.526. The fourth-order valence-electron chi connectivity index (χ4n) is 2.76. The molecule has 1 saturated heterocycles. The van der Waals surface area contributed by atoms with Gasteiger partial charge in [-0.3, -0.25) is 9.59 Å². The van der Waals surface area contributed by atoms with E-state index < -0.39 is 0 Å². The fourth-order valence-corrected chi connectivity index (χ4v) is 2.76. The Hall–Kier alpha value is -2.57. The zero-order valence-corrected chi connectivity index (χ0v) is 15.9. The topological polar surface area (TPSA) is 77.0 Å². The van der Waals surface area contributed by atoms with Gasteiger partial charge < -0.3 is 20.4 Å². The molecule has 1 aliphatic rings. The Bertz CT molecular complexity index is 634. The zero-order chi connectivity index (χ0) is 18.9. The van der Waals surface area contributed by atoms with Gasteiger partial charge in [-0.25, -0.2) is 4.99 Å². The summed E-state index contributed by atoms with van der Waals surface area (Å²) in [6.45, 7) is 5.14. The van der Waals surface area contributed by atoms with Gasteiger partial charge in [-0.05, 0) is 37.5 Å². The average Bonchev–Trinajstić information content (AvgIpc) is 3.18. The van der Waals surface area contributed by atoms with Crippen LogP contribution < -0.4 is 10.6 Å². The van der Waals surface area contributed by atoms with Gasteiger partial charge in [-0.2, -0.15) is 0 Å². The smallest absolute Gasteiger partial charge is 0.253 e. The SMILES string of the molecule is CCNC(=NCc1ccc(C(=O)N(C)C)cc1)NCC(=O)N1CCCC1. The molecule has 0 aliphatic carbocycles. The highest BCUT2D eigenvalue weighted by molar-refractivity contribution is 5.93. The number of guanidine groups is 1. The Morgan fingerprint density at radius 3 is 2.35 bits per heavy atom. The van der Waals surface area contributed by atoms with Gasteiger partial charge in [0.25, 0.3) is 5.91 Å². The van der Waals surface area contributed by atoms with Crippen molar-refractivity contribution >= 4 is 17.8 Å². The van der Waals surface area contributed by atoms with Gasteiger partial charge in [-0.15, -0.1) is 0 Å². The number of hydrogen-bond donors (Lipinski definition) is 2. The van der Waals surface area contributed by atoms with E-state index in [-0.39, 0.29) is 18.4 Å². The minimum absolute atomic E-state index is 0.0181. The van der Waals surface area contributed by atoms with Crippen LogP contribution in [0.2, 0.25) is 0 Å². The van der Waals surface area contributed by atoms with Crippen molar-refractivity contribution in [2.75, 3.05) is 40.3 Å². The number of nitrogens with zero attached hydrogens (tertiary/aromatic N) is 3. The highest BCUT2D eigenvalue weighted by Crippen LogP contribution is 2.08. The van der Waals surface area contributed by atoms with Gasteiger partial charge in [0.1, 0.15) is 0 Å². The van der Waals surface area contributed by atoms with Crippen LogP contribution in [-0.4, -0.2) is 67.8 Å². The number of hydrogen-bond acceptors (Lipinski definition) is 3. The van der Waals surface area contributed by atoms with Crippen molar-refractivity contribution in [1.29, 1.82) is 0 Å². The minimum Gasteiger partial charge on any atom is -0.357 e. The minimum atomic E-state index is -0.0181. The molecule has 0 unspecified atom stereocenters. The Balaban J connectivity index is 1.91. The van der Waals surface area contributed by atoms with Crippen LogP contribution in [0.25, 0.3) is 0 Å². The number of rotatable bonds is 6. The van der Waals surface area contributed by atoms with E-state index in [2.05, 4.69) is 15.6 Å². The van der Waals surface area contributed by atoms with Crippen LogP contribution in [0, 0.1) is 0 Å². The van der Waals surface area contributed by atoms with E-state index in [1.165, 1.54) is 0 Å². The summed E-state index contributed by atoms with van der Waals surface area (Å²) in [7, 11) is 3.47. The number of likely N-dealkylation sites (tertiary alicyclic amines) is 1. The zero-order valence-electron chi connectivity index (χ0n) is 15.9. The second kappa shape index (κ2) is 9.79. The molecule has 0 aromatic heterocycles. The Morgan fingerprint density at radius 2 is 1.77 bits per heavy atom. The molecule has 1 fully saturated rings. The third-order valence-electron chi connectivity index (χ3n) is 4.24. The number of benzene rings is 1. The van der Waals surface area contributed by atoms with Crippen molar-refractivity contribution in [1.82, 2.24) is 20.4 Å². The normalized spacial score (nSPS) is 14.3. The lowest BCUT2D eigenvalue weighted by Crippen LogP contribution is -2.44. The van der Waals surface area contributed by atoms with Crippen LogP contribution in [0.3, 0.4) is 0 Å². The summed E-state index contributed by atoms with van der Waals surface area (Å²) in [6, 6.07) is 7.42. The lowest BCUT2D eigenvalue weighted by atomic mass is 10.1. The summed E-state index contributed by atoms with van der Waals surface area (Å²) < 4.78 is 0. The van der Waals surface area contributed by atoms with Crippen molar-refractivity contribution < 1.29 is 9.59 Å². The molecule has 7 heteroatoms. The molecule has 142 valence electrons. The summed E-state index contributed by atoms with van der Waals surface area (Å²) in [4.78, 5) is 32.0. The number of aliphatic imine (C=N–C) groups is 1. The summed E-state index contributed by atoms with van der Waals surface area (Å²) >= 11 is 0.